The third-order valence-electron chi connectivity index (χ3n) is 12.6. The molecule has 0 saturated heterocycles. The molecule has 0 aliphatic heterocycles. The number of para-hydroxylation sites is 2. The topological polar surface area (TPSA) is 17.8 Å². The second-order valence-corrected chi connectivity index (χ2v) is 16.0. The first-order valence-electron chi connectivity index (χ1n) is 21.1. The molecule has 1 heterocycles. The van der Waals surface area contributed by atoms with Crippen molar-refractivity contribution in [3.8, 4) is 22.5 Å². The molecule has 0 N–H and O–H groups in total. The summed E-state index contributed by atoms with van der Waals surface area (Å²) in [7, 11) is 0. The smallest absolute Gasteiger partial charge is 0.145 e. The number of aromatic nitrogens is 2. The van der Waals surface area contributed by atoms with Crippen LogP contribution < -0.4 is 0 Å². The lowest BCUT2D eigenvalue weighted by molar-refractivity contribution is 0.875. The zero-order valence-electron chi connectivity index (χ0n) is 33.0. The molecule has 8 aromatic rings. The fourth-order valence-electron chi connectivity index (χ4n) is 9.85. The van der Waals surface area contributed by atoms with Crippen LogP contribution in [0.1, 0.15) is 59.8 Å². The molecule has 7 aromatic carbocycles. The number of benzene rings is 7. The lowest BCUT2D eigenvalue weighted by Gasteiger charge is -2.29. The van der Waals surface area contributed by atoms with Crippen LogP contribution in [0.3, 0.4) is 0 Å². The van der Waals surface area contributed by atoms with Crippen molar-refractivity contribution in [1.82, 2.24) is 9.55 Å². The molecule has 3 aliphatic carbocycles. The Morgan fingerprint density at radius 2 is 1.00 bits per heavy atom. The minimum atomic E-state index is 0.254. The normalized spacial score (nSPS) is 17.7. The van der Waals surface area contributed by atoms with Gasteiger partial charge in [-0.3, -0.25) is 4.57 Å². The molecule has 2 atom stereocenters. The Labute approximate surface area is 346 Å². The third-order valence-corrected chi connectivity index (χ3v) is 12.6. The average Bonchev–Trinajstić information content (AvgIpc) is 3.71. The molecule has 0 bridgehead atoms. The molecule has 0 amide bonds. The lowest BCUT2D eigenvalue weighted by Crippen LogP contribution is -2.08. The largest absolute Gasteiger partial charge is 0.296 e. The minimum absolute atomic E-state index is 0.254. The molecule has 59 heavy (non-hydrogen) atoms. The van der Waals surface area contributed by atoms with Gasteiger partial charge in [0.05, 0.1) is 11.0 Å². The highest BCUT2D eigenvalue weighted by Gasteiger charge is 2.28. The second-order valence-electron chi connectivity index (χ2n) is 16.0. The molecule has 0 saturated carbocycles. The predicted octanol–water partition coefficient (Wildman–Crippen LogP) is 15.1. The third kappa shape index (κ3) is 6.24. The van der Waals surface area contributed by atoms with Crippen molar-refractivity contribution >= 4 is 49.4 Å². The summed E-state index contributed by atoms with van der Waals surface area (Å²) in [5.74, 6) is 1.51. The molecule has 0 spiro atoms. The van der Waals surface area contributed by atoms with Crippen LogP contribution in [0.4, 0.5) is 0 Å². The van der Waals surface area contributed by atoms with Crippen molar-refractivity contribution in [2.45, 2.75) is 37.5 Å². The molecule has 11 rings (SSSR count). The van der Waals surface area contributed by atoms with E-state index in [1.54, 1.807) is 0 Å². The molecule has 0 fully saturated rings. The van der Waals surface area contributed by atoms with Gasteiger partial charge in [0, 0.05) is 23.1 Å². The van der Waals surface area contributed by atoms with Gasteiger partial charge in [-0.1, -0.05) is 182 Å². The Morgan fingerprint density at radius 1 is 0.458 bits per heavy atom. The Morgan fingerprint density at radius 3 is 1.64 bits per heavy atom. The van der Waals surface area contributed by atoms with E-state index in [9.17, 15) is 0 Å². The van der Waals surface area contributed by atoms with Gasteiger partial charge in [-0.05, 0) is 116 Å². The fraction of sp³-hybridized carbons (Fsp3) is 0.105. The van der Waals surface area contributed by atoms with E-state index in [1.807, 2.05) is 0 Å². The first kappa shape index (κ1) is 35.2. The standard InChI is InChI=1S/C57H44N2/c1-4-18-40(19-5-1)45-24-10-12-26-47(45)55-49-28-14-15-29-50(49)56(48-27-13-11-25-46(48)41-20-6-2-7-21-41)52-38-43(36-37-51(52)55)39-32-34-42(35-33-39)57-58-53-30-16-17-31-54(53)59(57)44-22-8-3-9-23-44/h1-8,10-22,26-38,45-46H,9,23-25H2. The number of fused-ring (bicyclic) bond motifs is 3. The van der Waals surface area contributed by atoms with E-state index in [4.69, 9.17) is 4.98 Å². The monoisotopic (exact) mass is 756 g/mol. The highest BCUT2D eigenvalue weighted by molar-refractivity contribution is 6.17. The Kier molecular flexibility index (Phi) is 8.97. The van der Waals surface area contributed by atoms with Crippen molar-refractivity contribution in [3.05, 3.63) is 229 Å². The molecule has 0 radical (unpaired) electrons. The van der Waals surface area contributed by atoms with E-state index in [-0.39, 0.29) is 11.8 Å². The highest BCUT2D eigenvalue weighted by atomic mass is 15.1. The molecule has 1 aromatic heterocycles. The Balaban J connectivity index is 1.11. The first-order chi connectivity index (χ1) is 29.3. The number of imidazole rings is 1. The highest BCUT2D eigenvalue weighted by Crippen LogP contribution is 2.50. The van der Waals surface area contributed by atoms with Crippen molar-refractivity contribution < 1.29 is 0 Å². The van der Waals surface area contributed by atoms with E-state index in [2.05, 4.69) is 211 Å². The maximum atomic E-state index is 5.18. The molecule has 3 aliphatic rings. The van der Waals surface area contributed by atoms with Crippen LogP contribution in [0.25, 0.3) is 71.9 Å². The number of nitrogens with zero attached hydrogens (tertiary/aromatic N) is 2. The first-order valence-corrected chi connectivity index (χ1v) is 21.1. The summed E-state index contributed by atoms with van der Waals surface area (Å²) in [4.78, 5) is 5.18. The van der Waals surface area contributed by atoms with E-state index in [0.717, 1.165) is 48.1 Å². The molecule has 2 unspecified atom stereocenters. The van der Waals surface area contributed by atoms with Gasteiger partial charge in [-0.15, -0.1) is 0 Å². The summed E-state index contributed by atoms with van der Waals surface area (Å²) in [6, 6.07) is 56.1. The van der Waals surface area contributed by atoms with Gasteiger partial charge in [-0.25, -0.2) is 4.98 Å². The van der Waals surface area contributed by atoms with Gasteiger partial charge >= 0.3 is 0 Å². The van der Waals surface area contributed by atoms with Crippen LogP contribution in [-0.4, -0.2) is 9.55 Å². The minimum Gasteiger partial charge on any atom is -0.296 e. The zero-order valence-corrected chi connectivity index (χ0v) is 33.0. The van der Waals surface area contributed by atoms with E-state index in [1.165, 1.54) is 71.8 Å². The number of allylic oxidation sites excluding steroid dienone is 12. The van der Waals surface area contributed by atoms with Crippen LogP contribution in [0, 0.1) is 0 Å². The number of rotatable bonds is 7. The van der Waals surface area contributed by atoms with Crippen LogP contribution in [0.15, 0.2) is 206 Å². The van der Waals surface area contributed by atoms with Gasteiger partial charge in [0.1, 0.15) is 5.82 Å². The molecule has 2 nitrogen and oxygen atoms in total. The summed E-state index contributed by atoms with van der Waals surface area (Å²) >= 11 is 0. The van der Waals surface area contributed by atoms with Gasteiger partial charge in [0.25, 0.3) is 0 Å². The molecule has 2 heteroatoms. The summed E-state index contributed by atoms with van der Waals surface area (Å²) in [6.07, 6.45) is 24.6. The Hall–Kier alpha value is -7.03. The molecular formula is C57H44N2. The van der Waals surface area contributed by atoms with Gasteiger partial charge in [0.2, 0.25) is 0 Å². The van der Waals surface area contributed by atoms with Crippen molar-refractivity contribution in [1.29, 1.82) is 0 Å². The van der Waals surface area contributed by atoms with Crippen molar-refractivity contribution in [2.75, 3.05) is 0 Å². The SMILES string of the molecule is C1=CCCC(n2c(-c3ccc(-c4ccc5c(C6=CC=CCC6c6ccccc6)c6ccccc6c(C6=CC=CCC6c6ccccc6)c5c4)cc3)nc3ccccc32)=C1. The van der Waals surface area contributed by atoms with Crippen LogP contribution in [0.5, 0.6) is 0 Å². The molecular weight excluding hydrogens is 713 g/mol. The van der Waals surface area contributed by atoms with E-state index in [0.29, 0.717) is 0 Å². The molecule has 282 valence electrons. The second kappa shape index (κ2) is 15.0. The van der Waals surface area contributed by atoms with Gasteiger partial charge in [0.15, 0.2) is 0 Å². The summed E-state index contributed by atoms with van der Waals surface area (Å²) in [5, 5.41) is 5.21. The fourth-order valence-corrected chi connectivity index (χ4v) is 9.85. The summed E-state index contributed by atoms with van der Waals surface area (Å²) in [5.41, 5.74) is 15.1. The maximum Gasteiger partial charge on any atom is 0.145 e. The lowest BCUT2D eigenvalue weighted by atomic mass is 9.74. The van der Waals surface area contributed by atoms with E-state index < -0.39 is 0 Å². The van der Waals surface area contributed by atoms with Crippen molar-refractivity contribution in [3.63, 3.8) is 0 Å². The number of hydrogen-bond donors (Lipinski definition) is 0. The Bertz CT molecular complexity index is 3080. The average molecular weight is 757 g/mol. The van der Waals surface area contributed by atoms with Gasteiger partial charge < -0.3 is 0 Å². The van der Waals surface area contributed by atoms with Crippen LogP contribution in [0.2, 0.25) is 0 Å². The van der Waals surface area contributed by atoms with Gasteiger partial charge in [-0.2, -0.15) is 0 Å². The predicted molar refractivity (Wildman–Crippen MR) is 250 cm³/mol. The maximum absolute atomic E-state index is 5.18. The number of hydrogen-bond acceptors (Lipinski definition) is 1. The van der Waals surface area contributed by atoms with Crippen molar-refractivity contribution in [2.24, 2.45) is 0 Å². The quantitative estimate of drug-likeness (QED) is 0.148. The van der Waals surface area contributed by atoms with E-state index >= 15 is 0 Å². The summed E-state index contributed by atoms with van der Waals surface area (Å²) in [6.45, 7) is 0. The van der Waals surface area contributed by atoms with Crippen LogP contribution in [-0.2, 0) is 0 Å². The zero-order chi connectivity index (χ0) is 39.1. The van der Waals surface area contributed by atoms with Crippen LogP contribution >= 0.6 is 0 Å². The summed E-state index contributed by atoms with van der Waals surface area (Å²) < 4.78 is 2.36.